The van der Waals surface area contributed by atoms with E-state index in [0.29, 0.717) is 55.6 Å². The fraction of sp³-hybridized carbons (Fsp3) is 0.500. The number of carbonyl (C=O) groups excluding carboxylic acids is 1. The van der Waals surface area contributed by atoms with E-state index in [1.54, 1.807) is 27.8 Å². The van der Waals surface area contributed by atoms with Crippen LogP contribution in [0, 0.1) is 12.7 Å². The van der Waals surface area contributed by atoms with Gasteiger partial charge in [-0.25, -0.2) is 9.18 Å². The molecule has 0 atom stereocenters. The molecule has 4 heterocycles. The summed E-state index contributed by atoms with van der Waals surface area (Å²) in [5, 5.41) is 0.875. The number of aryl methyl sites for hydroxylation is 1. The van der Waals surface area contributed by atoms with Crippen LogP contribution >= 0.6 is 0 Å². The first-order valence-electron chi connectivity index (χ1n) is 13.8. The highest BCUT2D eigenvalue weighted by molar-refractivity contribution is 5.82. The molecule has 2 aromatic heterocycles. The molecular weight excluding hydrogens is 515 g/mol. The van der Waals surface area contributed by atoms with Crippen LogP contribution in [0.5, 0.6) is 11.5 Å². The maximum absolute atomic E-state index is 14.0. The summed E-state index contributed by atoms with van der Waals surface area (Å²) in [4.78, 5) is 34.6. The molecule has 1 saturated heterocycles. The first kappa shape index (κ1) is 27.9. The predicted molar refractivity (Wildman–Crippen MR) is 149 cm³/mol. The Balaban J connectivity index is 1.26. The molecule has 0 spiro atoms. The van der Waals surface area contributed by atoms with Crippen molar-refractivity contribution >= 4 is 17.0 Å². The Labute approximate surface area is 233 Å². The molecule has 0 aliphatic carbocycles. The topological polar surface area (TPSA) is 86.1 Å². The molecule has 0 saturated carbocycles. The Morgan fingerprint density at radius 1 is 1.10 bits per heavy atom. The van der Waals surface area contributed by atoms with E-state index in [-0.39, 0.29) is 23.5 Å². The lowest BCUT2D eigenvalue weighted by Crippen LogP contribution is -2.49. The van der Waals surface area contributed by atoms with Crippen molar-refractivity contribution in [3.05, 3.63) is 64.0 Å². The number of hydrogen-bond acceptors (Lipinski definition) is 7. The number of aromatic nitrogens is 2. The van der Waals surface area contributed by atoms with E-state index < -0.39 is 5.60 Å². The summed E-state index contributed by atoms with van der Waals surface area (Å²) in [6, 6.07) is 7.98. The van der Waals surface area contributed by atoms with E-state index in [4.69, 9.17) is 14.2 Å². The summed E-state index contributed by atoms with van der Waals surface area (Å²) in [6.07, 6.45) is 2.77. The number of piperidine rings is 1. The molecule has 9 nitrogen and oxygen atoms in total. The van der Waals surface area contributed by atoms with E-state index in [9.17, 15) is 14.0 Å². The van der Waals surface area contributed by atoms with Gasteiger partial charge in [0.05, 0.1) is 24.0 Å². The van der Waals surface area contributed by atoms with Crippen LogP contribution in [0.15, 0.2) is 41.3 Å². The number of fused-ring (bicyclic) bond motifs is 2. The Morgan fingerprint density at radius 3 is 2.55 bits per heavy atom. The second kappa shape index (κ2) is 11.4. The van der Waals surface area contributed by atoms with Gasteiger partial charge in [0, 0.05) is 49.7 Å². The summed E-state index contributed by atoms with van der Waals surface area (Å²) < 4.78 is 32.7. The number of rotatable bonds is 6. The fourth-order valence-corrected chi connectivity index (χ4v) is 5.36. The van der Waals surface area contributed by atoms with Crippen LogP contribution < -0.4 is 15.0 Å². The number of ether oxygens (including phenoxy) is 3. The van der Waals surface area contributed by atoms with Crippen molar-refractivity contribution in [1.82, 2.24) is 19.4 Å². The lowest BCUT2D eigenvalue weighted by atomic mass is 10.0. The highest BCUT2D eigenvalue weighted by Gasteiger charge is 2.32. The van der Waals surface area contributed by atoms with Crippen LogP contribution in [-0.4, -0.2) is 69.9 Å². The van der Waals surface area contributed by atoms with Gasteiger partial charge in [-0.1, -0.05) is 0 Å². The highest BCUT2D eigenvalue weighted by Crippen LogP contribution is 2.30. The van der Waals surface area contributed by atoms with Crippen molar-refractivity contribution in [3.8, 4) is 11.5 Å². The first-order chi connectivity index (χ1) is 19.1. The fourth-order valence-electron chi connectivity index (χ4n) is 5.36. The number of carbonyl (C=O) groups is 1. The SMILES string of the molecule is Cc1cc(=O)n(CCN2CCC(N(Cc3cc4c(cn3)OCCO4)C(=O)OC(C)(C)C)CC2)c2cc(F)ccc12. The van der Waals surface area contributed by atoms with Gasteiger partial charge in [0.15, 0.2) is 11.5 Å². The number of halogens is 1. The second-order valence-corrected chi connectivity index (χ2v) is 11.5. The van der Waals surface area contributed by atoms with Gasteiger partial charge in [-0.3, -0.25) is 14.7 Å². The molecule has 2 aliphatic rings. The maximum Gasteiger partial charge on any atom is 0.410 e. The van der Waals surface area contributed by atoms with Crippen molar-refractivity contribution in [3.63, 3.8) is 0 Å². The molecule has 0 bridgehead atoms. The third-order valence-corrected chi connectivity index (χ3v) is 7.37. The van der Waals surface area contributed by atoms with Crippen LogP contribution in [0.3, 0.4) is 0 Å². The van der Waals surface area contributed by atoms with Gasteiger partial charge in [0.25, 0.3) is 5.56 Å². The summed E-state index contributed by atoms with van der Waals surface area (Å²) in [7, 11) is 0. The number of nitrogens with zero attached hydrogens (tertiary/aromatic N) is 4. The zero-order chi connectivity index (χ0) is 28.4. The first-order valence-corrected chi connectivity index (χ1v) is 13.8. The van der Waals surface area contributed by atoms with E-state index >= 15 is 0 Å². The monoisotopic (exact) mass is 552 g/mol. The third kappa shape index (κ3) is 6.38. The zero-order valence-corrected chi connectivity index (χ0v) is 23.6. The van der Waals surface area contributed by atoms with Gasteiger partial charge in [-0.15, -0.1) is 0 Å². The lowest BCUT2D eigenvalue weighted by Gasteiger charge is -2.39. The Kier molecular flexibility index (Phi) is 7.98. The summed E-state index contributed by atoms with van der Waals surface area (Å²) in [5.41, 5.74) is 1.40. The smallest absolute Gasteiger partial charge is 0.410 e. The van der Waals surface area contributed by atoms with Crippen molar-refractivity contribution in [2.75, 3.05) is 32.8 Å². The predicted octanol–water partition coefficient (Wildman–Crippen LogP) is 4.52. The van der Waals surface area contributed by atoms with E-state index in [1.165, 1.54) is 12.1 Å². The van der Waals surface area contributed by atoms with E-state index in [0.717, 1.165) is 36.9 Å². The number of amides is 1. The van der Waals surface area contributed by atoms with Crippen LogP contribution in [0.1, 0.15) is 44.9 Å². The Hall–Kier alpha value is -3.66. The average molecular weight is 553 g/mol. The summed E-state index contributed by atoms with van der Waals surface area (Å²) in [5.74, 6) is 0.881. The van der Waals surface area contributed by atoms with Crippen LogP contribution in [0.4, 0.5) is 9.18 Å². The van der Waals surface area contributed by atoms with Crippen molar-refractivity contribution < 1.29 is 23.4 Å². The molecule has 1 fully saturated rings. The van der Waals surface area contributed by atoms with Gasteiger partial charge in [0.2, 0.25) is 0 Å². The minimum Gasteiger partial charge on any atom is -0.486 e. The minimum absolute atomic E-state index is 0.0295. The zero-order valence-electron chi connectivity index (χ0n) is 23.6. The molecule has 1 amide bonds. The quantitative estimate of drug-likeness (QED) is 0.445. The number of benzene rings is 1. The Morgan fingerprint density at radius 2 is 1.82 bits per heavy atom. The van der Waals surface area contributed by atoms with Gasteiger partial charge >= 0.3 is 6.09 Å². The van der Waals surface area contributed by atoms with Crippen LogP contribution in [0.25, 0.3) is 10.9 Å². The molecule has 214 valence electrons. The lowest BCUT2D eigenvalue weighted by molar-refractivity contribution is 0.00529. The van der Waals surface area contributed by atoms with Gasteiger partial charge in [-0.2, -0.15) is 0 Å². The molecule has 5 rings (SSSR count). The summed E-state index contributed by atoms with van der Waals surface area (Å²) in [6.45, 7) is 11.3. The van der Waals surface area contributed by atoms with Crippen molar-refractivity contribution in [2.45, 2.75) is 65.3 Å². The van der Waals surface area contributed by atoms with Gasteiger partial charge in [-0.05, 0) is 64.3 Å². The second-order valence-electron chi connectivity index (χ2n) is 11.5. The van der Waals surface area contributed by atoms with Crippen LogP contribution in [0.2, 0.25) is 0 Å². The molecule has 3 aromatic rings. The van der Waals surface area contributed by atoms with Crippen LogP contribution in [-0.2, 0) is 17.8 Å². The Bertz CT molecular complexity index is 1440. The standard InChI is InChI=1S/C30H37FN4O5/c1-20-15-28(36)34(25-16-21(31)5-6-24(20)25)12-11-33-9-7-23(8-10-33)35(29(37)40-30(2,3)4)19-22-17-26-27(18-32-22)39-14-13-38-26/h5-6,15-18,23H,7-14,19H2,1-4H3. The highest BCUT2D eigenvalue weighted by atomic mass is 19.1. The molecule has 0 unspecified atom stereocenters. The van der Waals surface area contributed by atoms with Crippen molar-refractivity contribution in [1.29, 1.82) is 0 Å². The molecule has 2 aliphatic heterocycles. The number of hydrogen-bond donors (Lipinski definition) is 0. The molecule has 40 heavy (non-hydrogen) atoms. The normalized spacial score (nSPS) is 16.2. The molecule has 1 aromatic carbocycles. The van der Waals surface area contributed by atoms with Gasteiger partial charge in [0.1, 0.15) is 24.6 Å². The van der Waals surface area contributed by atoms with E-state index in [1.807, 2.05) is 33.8 Å². The molecule has 0 N–H and O–H groups in total. The molecule has 0 radical (unpaired) electrons. The molecular formula is C30H37FN4O5. The van der Waals surface area contributed by atoms with Gasteiger partial charge < -0.3 is 23.7 Å². The van der Waals surface area contributed by atoms with E-state index in [2.05, 4.69) is 9.88 Å². The molecule has 10 heteroatoms. The average Bonchev–Trinajstić information content (AvgIpc) is 2.91. The number of pyridine rings is 2. The number of likely N-dealkylation sites (tertiary alicyclic amines) is 1. The van der Waals surface area contributed by atoms with Crippen molar-refractivity contribution in [2.24, 2.45) is 0 Å². The third-order valence-electron chi connectivity index (χ3n) is 7.37. The maximum atomic E-state index is 14.0. The largest absolute Gasteiger partial charge is 0.486 e. The minimum atomic E-state index is -0.625. The summed E-state index contributed by atoms with van der Waals surface area (Å²) >= 11 is 0.